The summed E-state index contributed by atoms with van der Waals surface area (Å²) >= 11 is 12.5. The summed E-state index contributed by atoms with van der Waals surface area (Å²) in [5.74, 6) is 0.150. The summed E-state index contributed by atoms with van der Waals surface area (Å²) in [5.41, 5.74) is -1.40. The number of Topliss-reactive ketones (excluding diaryl/α,β-unsaturated/α-hetero) is 1. The zero-order chi connectivity index (χ0) is 13.0. The molecule has 0 aromatic heterocycles. The lowest BCUT2D eigenvalue weighted by Crippen LogP contribution is -2.63. The Kier molecular flexibility index (Phi) is 3.13. The molecule has 2 aliphatic rings. The number of rotatable bonds is 2. The molecule has 2 rings (SSSR count). The number of ketones is 1. The van der Waals surface area contributed by atoms with Crippen LogP contribution < -0.4 is 0 Å². The van der Waals surface area contributed by atoms with Crippen LogP contribution in [0, 0.1) is 11.8 Å². The van der Waals surface area contributed by atoms with E-state index in [4.69, 9.17) is 27.9 Å². The van der Waals surface area contributed by atoms with Gasteiger partial charge in [0, 0.05) is 0 Å². The minimum atomic E-state index is -0.700. The zero-order valence-corrected chi connectivity index (χ0v) is 12.0. The van der Waals surface area contributed by atoms with E-state index in [0.29, 0.717) is 0 Å². The molecule has 17 heavy (non-hydrogen) atoms. The SMILES string of the molecule is CC(C)C12C=CC(C(C)C)(O1)C(Cl)C(=O)C2Cl. The van der Waals surface area contributed by atoms with Crippen molar-refractivity contribution in [3.05, 3.63) is 12.2 Å². The van der Waals surface area contributed by atoms with Crippen molar-refractivity contribution in [2.75, 3.05) is 0 Å². The van der Waals surface area contributed by atoms with Crippen molar-refractivity contribution < 1.29 is 9.53 Å². The van der Waals surface area contributed by atoms with Crippen molar-refractivity contribution in [2.24, 2.45) is 11.8 Å². The summed E-state index contributed by atoms with van der Waals surface area (Å²) in [4.78, 5) is 12.2. The molecule has 2 nitrogen and oxygen atoms in total. The second-order valence-corrected chi connectivity index (χ2v) is 6.45. The van der Waals surface area contributed by atoms with Crippen molar-refractivity contribution >= 4 is 29.0 Å². The van der Waals surface area contributed by atoms with Crippen LogP contribution in [-0.2, 0) is 9.53 Å². The lowest BCUT2D eigenvalue weighted by Gasteiger charge is -2.48. The molecule has 0 radical (unpaired) electrons. The molecule has 4 unspecified atom stereocenters. The Bertz CT molecular complexity index is 346. The van der Waals surface area contributed by atoms with Crippen molar-refractivity contribution in [2.45, 2.75) is 49.7 Å². The van der Waals surface area contributed by atoms with Crippen LogP contribution in [-0.4, -0.2) is 27.7 Å². The van der Waals surface area contributed by atoms with Crippen LogP contribution in [0.15, 0.2) is 12.2 Å². The van der Waals surface area contributed by atoms with Crippen molar-refractivity contribution in [3.63, 3.8) is 0 Å². The zero-order valence-electron chi connectivity index (χ0n) is 10.5. The van der Waals surface area contributed by atoms with Gasteiger partial charge in [-0.25, -0.2) is 0 Å². The van der Waals surface area contributed by atoms with Gasteiger partial charge in [-0.05, 0) is 11.8 Å². The van der Waals surface area contributed by atoms with E-state index in [1.807, 2.05) is 39.8 Å². The van der Waals surface area contributed by atoms with E-state index in [2.05, 4.69) is 0 Å². The van der Waals surface area contributed by atoms with Gasteiger partial charge in [0.1, 0.15) is 22.0 Å². The highest BCUT2D eigenvalue weighted by atomic mass is 35.5. The Morgan fingerprint density at radius 1 is 1.06 bits per heavy atom. The Labute approximate surface area is 112 Å². The molecule has 1 fully saturated rings. The number of ether oxygens (including phenoxy) is 1. The van der Waals surface area contributed by atoms with Crippen LogP contribution in [0.5, 0.6) is 0 Å². The third-order valence-corrected chi connectivity index (χ3v) is 5.17. The molecular weight excluding hydrogens is 259 g/mol. The van der Waals surface area contributed by atoms with E-state index in [1.54, 1.807) is 0 Å². The third kappa shape index (κ3) is 1.54. The molecular formula is C13H18Cl2O2. The predicted molar refractivity (Wildman–Crippen MR) is 69.7 cm³/mol. The standard InChI is InChI=1S/C13H18Cl2O2/c1-7(2)12-5-6-13(17-12,8(3)4)11(15)9(16)10(12)14/h5-8,10-11H,1-4H3. The predicted octanol–water partition coefficient (Wildman–Crippen LogP) is 3.16. The minimum Gasteiger partial charge on any atom is -0.356 e. The lowest BCUT2D eigenvalue weighted by molar-refractivity contribution is -0.169. The number of carbonyl (C=O) groups is 1. The van der Waals surface area contributed by atoms with Gasteiger partial charge in [0.25, 0.3) is 0 Å². The van der Waals surface area contributed by atoms with Gasteiger partial charge in [-0.3, -0.25) is 4.79 Å². The third-order valence-electron chi connectivity index (χ3n) is 4.05. The van der Waals surface area contributed by atoms with Crippen LogP contribution in [0.4, 0.5) is 0 Å². The second kappa shape index (κ2) is 3.97. The van der Waals surface area contributed by atoms with Gasteiger partial charge in [0.2, 0.25) is 0 Å². The van der Waals surface area contributed by atoms with Crippen LogP contribution in [0.25, 0.3) is 0 Å². The van der Waals surface area contributed by atoms with Gasteiger partial charge in [-0.15, -0.1) is 23.2 Å². The number of fused-ring (bicyclic) bond motifs is 2. The van der Waals surface area contributed by atoms with Crippen LogP contribution >= 0.6 is 23.2 Å². The summed E-state index contributed by atoms with van der Waals surface area (Å²) in [6.07, 6.45) is 3.88. The molecule has 0 amide bonds. The highest BCUT2D eigenvalue weighted by molar-refractivity contribution is 6.42. The molecule has 0 N–H and O–H groups in total. The Hall–Kier alpha value is -0.0500. The molecule has 0 spiro atoms. The molecule has 4 heteroatoms. The number of alkyl halides is 2. The maximum absolute atomic E-state index is 12.2. The van der Waals surface area contributed by atoms with Gasteiger partial charge >= 0.3 is 0 Å². The maximum atomic E-state index is 12.2. The normalized spacial score (nSPS) is 45.1. The first-order valence-electron chi connectivity index (χ1n) is 6.00. The topological polar surface area (TPSA) is 26.3 Å². The van der Waals surface area contributed by atoms with Crippen LogP contribution in [0.3, 0.4) is 0 Å². The first-order chi connectivity index (χ1) is 7.78. The van der Waals surface area contributed by atoms with E-state index in [0.717, 1.165) is 0 Å². The highest BCUT2D eigenvalue weighted by Crippen LogP contribution is 2.52. The summed E-state index contributed by atoms with van der Waals surface area (Å²) in [6.45, 7) is 8.05. The molecule has 0 aliphatic carbocycles. The molecule has 2 heterocycles. The first kappa shape index (κ1) is 13.4. The molecule has 2 bridgehead atoms. The van der Waals surface area contributed by atoms with Gasteiger partial charge in [0.15, 0.2) is 5.78 Å². The molecule has 0 aromatic rings. The van der Waals surface area contributed by atoms with Gasteiger partial charge < -0.3 is 4.74 Å². The quantitative estimate of drug-likeness (QED) is 0.572. The van der Waals surface area contributed by atoms with Gasteiger partial charge in [-0.2, -0.15) is 0 Å². The molecule has 0 saturated carbocycles. The molecule has 96 valence electrons. The summed E-state index contributed by atoms with van der Waals surface area (Å²) in [7, 11) is 0. The Balaban J connectivity index is 2.51. The number of hydrogen-bond donors (Lipinski definition) is 0. The lowest BCUT2D eigenvalue weighted by atomic mass is 9.79. The van der Waals surface area contributed by atoms with Crippen molar-refractivity contribution in [1.82, 2.24) is 0 Å². The number of hydrogen-bond acceptors (Lipinski definition) is 2. The Morgan fingerprint density at radius 3 is 1.71 bits per heavy atom. The van der Waals surface area contributed by atoms with Crippen LogP contribution in [0.1, 0.15) is 27.7 Å². The molecule has 1 saturated heterocycles. The van der Waals surface area contributed by atoms with Gasteiger partial charge in [-0.1, -0.05) is 39.8 Å². The van der Waals surface area contributed by atoms with E-state index in [-0.39, 0.29) is 17.6 Å². The largest absolute Gasteiger partial charge is 0.356 e. The highest BCUT2D eigenvalue weighted by Gasteiger charge is 2.63. The molecule has 0 aromatic carbocycles. The average molecular weight is 277 g/mol. The summed E-state index contributed by atoms with van der Waals surface area (Å²) in [5, 5.41) is -1.40. The van der Waals surface area contributed by atoms with Crippen molar-refractivity contribution in [1.29, 1.82) is 0 Å². The average Bonchev–Trinajstić information content (AvgIpc) is 2.65. The first-order valence-corrected chi connectivity index (χ1v) is 6.87. The fraction of sp³-hybridized carbons (Fsp3) is 0.769. The van der Waals surface area contributed by atoms with Crippen molar-refractivity contribution in [3.8, 4) is 0 Å². The summed E-state index contributed by atoms with van der Waals surface area (Å²) in [6, 6.07) is 0. The fourth-order valence-electron chi connectivity index (χ4n) is 2.69. The van der Waals surface area contributed by atoms with E-state index in [9.17, 15) is 4.79 Å². The van der Waals surface area contributed by atoms with Crippen LogP contribution in [0.2, 0.25) is 0 Å². The minimum absolute atomic E-state index is 0.119. The second-order valence-electron chi connectivity index (χ2n) is 5.58. The number of carbonyl (C=O) groups excluding carboxylic acids is 1. The molecule has 2 aliphatic heterocycles. The van der Waals surface area contributed by atoms with E-state index >= 15 is 0 Å². The smallest absolute Gasteiger partial charge is 0.175 e. The van der Waals surface area contributed by atoms with Gasteiger partial charge in [0.05, 0.1) is 0 Å². The maximum Gasteiger partial charge on any atom is 0.175 e. The number of halogens is 2. The molecule has 4 atom stereocenters. The fourth-order valence-corrected chi connectivity index (χ4v) is 3.74. The summed E-state index contributed by atoms with van der Waals surface area (Å²) < 4.78 is 6.19. The van der Waals surface area contributed by atoms with E-state index < -0.39 is 22.0 Å². The monoisotopic (exact) mass is 276 g/mol. The van der Waals surface area contributed by atoms with E-state index in [1.165, 1.54) is 0 Å². The Morgan fingerprint density at radius 2 is 1.41 bits per heavy atom.